The van der Waals surface area contributed by atoms with Crippen LogP contribution in [0.3, 0.4) is 0 Å². The average Bonchev–Trinajstić information content (AvgIpc) is 2.33. The highest BCUT2D eigenvalue weighted by Crippen LogP contribution is 2.02. The molecule has 0 saturated heterocycles. The van der Waals surface area contributed by atoms with Crippen LogP contribution in [-0.4, -0.2) is 0 Å². The van der Waals surface area contributed by atoms with Crippen LogP contribution in [0.15, 0.2) is 54.7 Å². The van der Waals surface area contributed by atoms with E-state index in [-0.39, 0.29) is 0 Å². The zero-order chi connectivity index (χ0) is 11.2. The molecule has 0 aliphatic rings. The molecule has 0 aliphatic carbocycles. The van der Waals surface area contributed by atoms with Gasteiger partial charge in [-0.1, -0.05) is 36.4 Å². The number of aryl methyl sites for hydroxylation is 3. The van der Waals surface area contributed by atoms with Crippen molar-refractivity contribution >= 4 is 0 Å². The maximum absolute atomic E-state index is 2.31. The second-order valence-electron chi connectivity index (χ2n) is 4.12. The Hall–Kier alpha value is -1.63. The predicted octanol–water partition coefficient (Wildman–Crippen LogP) is 2.92. The summed E-state index contributed by atoms with van der Waals surface area (Å²) >= 11 is 0. The van der Waals surface area contributed by atoms with Crippen molar-refractivity contribution in [2.45, 2.75) is 26.3 Å². The molecule has 1 aromatic carbocycles. The zero-order valence-electron chi connectivity index (χ0n) is 9.76. The molecule has 16 heavy (non-hydrogen) atoms. The van der Waals surface area contributed by atoms with E-state index in [1.165, 1.54) is 17.7 Å². The Morgan fingerprint density at radius 2 is 1.69 bits per heavy atom. The van der Waals surface area contributed by atoms with Gasteiger partial charge in [0, 0.05) is 25.5 Å². The maximum atomic E-state index is 2.31. The van der Waals surface area contributed by atoms with E-state index in [9.17, 15) is 0 Å². The molecule has 2 aromatic rings. The van der Waals surface area contributed by atoms with E-state index in [2.05, 4.69) is 66.2 Å². The molecule has 0 fully saturated rings. The third-order valence-corrected chi connectivity index (χ3v) is 2.87. The van der Waals surface area contributed by atoms with Gasteiger partial charge in [0.1, 0.15) is 6.54 Å². The van der Waals surface area contributed by atoms with Crippen LogP contribution in [0, 0.1) is 6.92 Å². The van der Waals surface area contributed by atoms with Crippen LogP contribution < -0.4 is 4.57 Å². The normalized spacial score (nSPS) is 10.3. The van der Waals surface area contributed by atoms with Gasteiger partial charge < -0.3 is 0 Å². The van der Waals surface area contributed by atoms with Crippen molar-refractivity contribution < 1.29 is 4.57 Å². The van der Waals surface area contributed by atoms with Crippen molar-refractivity contribution in [2.75, 3.05) is 0 Å². The molecule has 0 spiro atoms. The molecule has 0 bridgehead atoms. The first-order chi connectivity index (χ1) is 7.86. The lowest BCUT2D eigenvalue weighted by atomic mass is 10.1. The summed E-state index contributed by atoms with van der Waals surface area (Å²) in [5.41, 5.74) is 2.76. The Morgan fingerprint density at radius 3 is 2.44 bits per heavy atom. The molecule has 0 radical (unpaired) electrons. The van der Waals surface area contributed by atoms with Crippen molar-refractivity contribution in [3.05, 3.63) is 66.0 Å². The quantitative estimate of drug-likeness (QED) is 0.686. The largest absolute Gasteiger partial charge is 0.203 e. The summed E-state index contributed by atoms with van der Waals surface area (Å²) in [7, 11) is 0. The Kier molecular flexibility index (Phi) is 3.71. The molecular formula is C15H18N+. The van der Waals surface area contributed by atoms with Crippen molar-refractivity contribution in [2.24, 2.45) is 0 Å². The van der Waals surface area contributed by atoms with Crippen LogP contribution in [0.25, 0.3) is 0 Å². The van der Waals surface area contributed by atoms with E-state index in [1.54, 1.807) is 0 Å². The van der Waals surface area contributed by atoms with E-state index < -0.39 is 0 Å². The van der Waals surface area contributed by atoms with Crippen molar-refractivity contribution in [3.63, 3.8) is 0 Å². The molecule has 1 nitrogen and oxygen atoms in total. The lowest BCUT2D eigenvalue weighted by molar-refractivity contribution is -0.703. The summed E-state index contributed by atoms with van der Waals surface area (Å²) in [6, 6.07) is 17.0. The zero-order valence-corrected chi connectivity index (χ0v) is 9.76. The first-order valence-corrected chi connectivity index (χ1v) is 5.85. The minimum Gasteiger partial charge on any atom is -0.203 e. The number of hydrogen-bond acceptors (Lipinski definition) is 0. The van der Waals surface area contributed by atoms with E-state index in [0.717, 1.165) is 13.0 Å². The molecule has 1 heteroatoms. The lowest BCUT2D eigenvalue weighted by Gasteiger charge is -2.01. The van der Waals surface area contributed by atoms with Crippen LogP contribution in [0.1, 0.15) is 17.7 Å². The molecule has 0 N–H and O–H groups in total. The highest BCUT2D eigenvalue weighted by atomic mass is 14.9. The van der Waals surface area contributed by atoms with Gasteiger partial charge in [0.25, 0.3) is 0 Å². The number of nitrogens with zero attached hydrogens (tertiary/aromatic N) is 1. The Balaban J connectivity index is 1.87. The standard InChI is InChI=1S/C15H18N/c1-14-8-5-6-12-16(14)13-7-11-15-9-3-2-4-10-15/h2-6,8-10,12H,7,11,13H2,1H3/q+1. The highest BCUT2D eigenvalue weighted by Gasteiger charge is 2.03. The Labute approximate surface area is 97.4 Å². The van der Waals surface area contributed by atoms with Gasteiger partial charge in [0.2, 0.25) is 0 Å². The molecule has 0 aliphatic heterocycles. The maximum Gasteiger partial charge on any atom is 0.178 e. The topological polar surface area (TPSA) is 3.88 Å². The fourth-order valence-electron chi connectivity index (χ4n) is 1.91. The number of aromatic nitrogens is 1. The molecule has 1 aromatic heterocycles. The summed E-state index contributed by atoms with van der Waals surface area (Å²) in [6.07, 6.45) is 4.50. The van der Waals surface area contributed by atoms with E-state index in [1.807, 2.05) is 0 Å². The third-order valence-electron chi connectivity index (χ3n) is 2.87. The molecule has 82 valence electrons. The summed E-state index contributed by atoms with van der Waals surface area (Å²) < 4.78 is 2.31. The van der Waals surface area contributed by atoms with Gasteiger partial charge in [-0.2, -0.15) is 0 Å². The van der Waals surface area contributed by atoms with E-state index in [4.69, 9.17) is 0 Å². The van der Waals surface area contributed by atoms with E-state index >= 15 is 0 Å². The minimum atomic E-state index is 1.10. The van der Waals surface area contributed by atoms with Crippen LogP contribution in [0.2, 0.25) is 0 Å². The van der Waals surface area contributed by atoms with E-state index in [0.29, 0.717) is 0 Å². The third kappa shape index (κ3) is 2.93. The molecule has 0 unspecified atom stereocenters. The second-order valence-corrected chi connectivity index (χ2v) is 4.12. The van der Waals surface area contributed by atoms with Crippen LogP contribution in [0.4, 0.5) is 0 Å². The fourth-order valence-corrected chi connectivity index (χ4v) is 1.91. The fraction of sp³-hybridized carbons (Fsp3) is 0.267. The number of pyridine rings is 1. The van der Waals surface area contributed by atoms with Gasteiger partial charge in [0.15, 0.2) is 11.9 Å². The number of benzene rings is 1. The van der Waals surface area contributed by atoms with Crippen LogP contribution >= 0.6 is 0 Å². The molecule has 1 heterocycles. The van der Waals surface area contributed by atoms with Gasteiger partial charge >= 0.3 is 0 Å². The molecule has 0 amide bonds. The summed E-state index contributed by atoms with van der Waals surface area (Å²) in [6.45, 7) is 3.25. The second kappa shape index (κ2) is 5.45. The molecule has 0 atom stereocenters. The lowest BCUT2D eigenvalue weighted by Crippen LogP contribution is -2.36. The number of hydrogen-bond donors (Lipinski definition) is 0. The smallest absolute Gasteiger partial charge is 0.178 e. The number of rotatable bonds is 4. The van der Waals surface area contributed by atoms with Gasteiger partial charge in [-0.05, 0) is 12.0 Å². The highest BCUT2D eigenvalue weighted by molar-refractivity contribution is 5.14. The minimum absolute atomic E-state index is 1.10. The first kappa shape index (κ1) is 10.9. The van der Waals surface area contributed by atoms with Gasteiger partial charge in [-0.15, -0.1) is 0 Å². The van der Waals surface area contributed by atoms with Crippen LogP contribution in [0.5, 0.6) is 0 Å². The average molecular weight is 212 g/mol. The van der Waals surface area contributed by atoms with Gasteiger partial charge in [0.05, 0.1) is 0 Å². The molecule has 2 rings (SSSR count). The first-order valence-electron chi connectivity index (χ1n) is 5.85. The monoisotopic (exact) mass is 212 g/mol. The predicted molar refractivity (Wildman–Crippen MR) is 66.1 cm³/mol. The van der Waals surface area contributed by atoms with Crippen LogP contribution in [-0.2, 0) is 13.0 Å². The summed E-state index contributed by atoms with van der Waals surface area (Å²) in [4.78, 5) is 0. The SMILES string of the molecule is Cc1cccc[n+]1CCCc1ccccc1. The van der Waals surface area contributed by atoms with Crippen molar-refractivity contribution in [1.82, 2.24) is 0 Å². The Morgan fingerprint density at radius 1 is 0.938 bits per heavy atom. The van der Waals surface area contributed by atoms with Crippen molar-refractivity contribution in [1.29, 1.82) is 0 Å². The van der Waals surface area contributed by atoms with Gasteiger partial charge in [-0.25, -0.2) is 4.57 Å². The Bertz CT molecular complexity index is 434. The van der Waals surface area contributed by atoms with Gasteiger partial charge in [-0.3, -0.25) is 0 Å². The summed E-state index contributed by atoms with van der Waals surface area (Å²) in [5, 5.41) is 0. The summed E-state index contributed by atoms with van der Waals surface area (Å²) in [5.74, 6) is 0. The molecule has 0 saturated carbocycles. The van der Waals surface area contributed by atoms with Crippen molar-refractivity contribution in [3.8, 4) is 0 Å². The molecular weight excluding hydrogens is 194 g/mol.